The molecule has 1 atom stereocenters. The van der Waals surface area contributed by atoms with E-state index < -0.39 is 24.2 Å². The molecular weight excluding hydrogens is 320 g/mol. The summed E-state index contributed by atoms with van der Waals surface area (Å²) in [5.41, 5.74) is 0.422. The predicted molar refractivity (Wildman–Crippen MR) is 82.7 cm³/mol. The normalized spacial score (nSPS) is 12.1. The molecule has 2 rings (SSSR count). The van der Waals surface area contributed by atoms with Crippen molar-refractivity contribution in [2.45, 2.75) is 26.4 Å². The maximum atomic E-state index is 13.0. The van der Waals surface area contributed by atoms with Gasteiger partial charge >= 0.3 is 5.97 Å². The third kappa shape index (κ3) is 3.95. The Bertz CT molecular complexity index is 759. The zero-order chi connectivity index (χ0) is 17.9. The second kappa shape index (κ2) is 7.20. The van der Waals surface area contributed by atoms with Gasteiger partial charge in [0.2, 0.25) is 5.91 Å². The van der Waals surface area contributed by atoms with Gasteiger partial charge < -0.3 is 10.1 Å². The molecule has 24 heavy (non-hydrogen) atoms. The Balaban J connectivity index is 2.16. The molecule has 0 aliphatic rings. The molecule has 0 saturated heterocycles. The first-order chi connectivity index (χ1) is 11.3. The van der Waals surface area contributed by atoms with Crippen LogP contribution in [0.5, 0.6) is 0 Å². The molecule has 0 radical (unpaired) electrons. The quantitative estimate of drug-likeness (QED) is 0.850. The van der Waals surface area contributed by atoms with Crippen LogP contribution in [0, 0.1) is 0 Å². The van der Waals surface area contributed by atoms with Crippen molar-refractivity contribution in [2.24, 2.45) is 7.05 Å². The van der Waals surface area contributed by atoms with Crippen molar-refractivity contribution in [2.75, 3.05) is 5.32 Å². The number of aryl methyl sites for hydroxylation is 1. The van der Waals surface area contributed by atoms with E-state index >= 15 is 0 Å². The lowest BCUT2D eigenvalue weighted by atomic mass is 10.1. The van der Waals surface area contributed by atoms with Gasteiger partial charge in [0.05, 0.1) is 6.20 Å². The van der Waals surface area contributed by atoms with Crippen molar-refractivity contribution < 1.29 is 23.1 Å². The van der Waals surface area contributed by atoms with Crippen molar-refractivity contribution in [3.8, 4) is 0 Å². The summed E-state index contributed by atoms with van der Waals surface area (Å²) in [7, 11) is 1.33. The van der Waals surface area contributed by atoms with Crippen LogP contribution < -0.4 is 5.32 Å². The summed E-state index contributed by atoms with van der Waals surface area (Å²) in [6, 6.07) is 6.74. The van der Waals surface area contributed by atoms with E-state index in [1.54, 1.807) is 31.2 Å². The Hall–Kier alpha value is -2.77. The fraction of sp³-hybridized carbons (Fsp3) is 0.312. The van der Waals surface area contributed by atoms with Gasteiger partial charge in [-0.05, 0) is 24.6 Å². The maximum absolute atomic E-state index is 13.0. The van der Waals surface area contributed by atoms with Gasteiger partial charge in [-0.15, -0.1) is 0 Å². The highest BCUT2D eigenvalue weighted by atomic mass is 19.3. The number of halogens is 2. The number of ether oxygens (including phenoxy) is 1. The van der Waals surface area contributed by atoms with Gasteiger partial charge in [0.15, 0.2) is 0 Å². The first-order valence-electron chi connectivity index (χ1n) is 7.18. The van der Waals surface area contributed by atoms with Crippen LogP contribution >= 0.6 is 0 Å². The number of anilines is 1. The van der Waals surface area contributed by atoms with Crippen LogP contribution in [0.25, 0.3) is 0 Å². The molecule has 2 aromatic rings. The average molecular weight is 337 g/mol. The highest BCUT2D eigenvalue weighted by Crippen LogP contribution is 2.26. The van der Waals surface area contributed by atoms with E-state index in [0.717, 1.165) is 10.9 Å². The number of rotatable bonds is 5. The lowest BCUT2D eigenvalue weighted by Gasteiger charge is -2.15. The van der Waals surface area contributed by atoms with Crippen LogP contribution in [0.3, 0.4) is 0 Å². The van der Waals surface area contributed by atoms with Crippen LogP contribution in [0.2, 0.25) is 0 Å². The zero-order valence-corrected chi connectivity index (χ0v) is 13.4. The first kappa shape index (κ1) is 17.6. The minimum atomic E-state index is -2.83. The number of aromatic nitrogens is 2. The van der Waals surface area contributed by atoms with E-state index in [4.69, 9.17) is 4.74 Å². The summed E-state index contributed by atoms with van der Waals surface area (Å²) in [4.78, 5) is 23.2. The molecule has 1 aromatic heterocycles. The Morgan fingerprint density at radius 1 is 1.33 bits per heavy atom. The molecule has 1 N–H and O–H groups in total. The number of hydrogen-bond donors (Lipinski definition) is 1. The van der Waals surface area contributed by atoms with E-state index in [2.05, 4.69) is 10.4 Å². The number of esters is 1. The van der Waals surface area contributed by atoms with Crippen molar-refractivity contribution in [3.05, 3.63) is 47.3 Å². The van der Waals surface area contributed by atoms with E-state index in [1.807, 2.05) is 0 Å². The summed E-state index contributed by atoms with van der Waals surface area (Å²) in [6.45, 7) is 2.99. The number of carbonyl (C=O) groups excluding carboxylic acids is 2. The molecule has 0 spiro atoms. The predicted octanol–water partition coefficient (Wildman–Crippen LogP) is 3.23. The highest BCUT2D eigenvalue weighted by Gasteiger charge is 2.25. The van der Waals surface area contributed by atoms with Gasteiger partial charge in [0.25, 0.3) is 6.43 Å². The molecule has 1 unspecified atom stereocenters. The van der Waals surface area contributed by atoms with Crippen LogP contribution in [-0.4, -0.2) is 21.7 Å². The van der Waals surface area contributed by atoms with Gasteiger partial charge in [0, 0.05) is 19.7 Å². The molecule has 0 bridgehead atoms. The Morgan fingerprint density at radius 2 is 2.04 bits per heavy atom. The monoisotopic (exact) mass is 337 g/mol. The van der Waals surface area contributed by atoms with Crippen LogP contribution in [0.4, 0.5) is 14.5 Å². The SMILES string of the molecule is CC(=O)Nc1cccc(C(C)OC(=O)c2cnn(C)c2C(F)F)c1. The number of hydrogen-bond acceptors (Lipinski definition) is 4. The Kier molecular flexibility index (Phi) is 5.28. The molecule has 0 saturated carbocycles. The fourth-order valence-corrected chi connectivity index (χ4v) is 2.23. The van der Waals surface area contributed by atoms with E-state index in [-0.39, 0.29) is 11.5 Å². The summed E-state index contributed by atoms with van der Waals surface area (Å²) >= 11 is 0. The van der Waals surface area contributed by atoms with E-state index in [0.29, 0.717) is 11.3 Å². The molecule has 8 heteroatoms. The molecule has 1 heterocycles. The molecule has 0 aliphatic carbocycles. The van der Waals surface area contributed by atoms with Crippen LogP contribution in [0.15, 0.2) is 30.5 Å². The highest BCUT2D eigenvalue weighted by molar-refractivity contribution is 5.91. The molecule has 1 amide bonds. The third-order valence-electron chi connectivity index (χ3n) is 3.37. The van der Waals surface area contributed by atoms with Gasteiger partial charge in [-0.25, -0.2) is 13.6 Å². The molecule has 1 aromatic carbocycles. The average Bonchev–Trinajstić information content (AvgIpc) is 2.88. The van der Waals surface area contributed by atoms with Gasteiger partial charge in [-0.3, -0.25) is 9.48 Å². The molecule has 6 nitrogen and oxygen atoms in total. The van der Waals surface area contributed by atoms with Gasteiger partial charge in [0.1, 0.15) is 17.4 Å². The number of nitrogens with one attached hydrogen (secondary N) is 1. The van der Waals surface area contributed by atoms with Crippen molar-refractivity contribution in [1.29, 1.82) is 0 Å². The van der Waals surface area contributed by atoms with Crippen LogP contribution in [0.1, 0.15) is 48.0 Å². The van der Waals surface area contributed by atoms with Crippen molar-refractivity contribution in [1.82, 2.24) is 9.78 Å². The second-order valence-electron chi connectivity index (χ2n) is 5.22. The first-order valence-corrected chi connectivity index (χ1v) is 7.18. The minimum Gasteiger partial charge on any atom is -0.454 e. The van der Waals surface area contributed by atoms with Crippen molar-refractivity contribution >= 4 is 17.6 Å². The summed E-state index contributed by atoms with van der Waals surface area (Å²) < 4.78 is 32.2. The number of carbonyl (C=O) groups is 2. The van der Waals surface area contributed by atoms with E-state index in [1.165, 1.54) is 14.0 Å². The Labute approximate surface area is 137 Å². The van der Waals surface area contributed by atoms with E-state index in [9.17, 15) is 18.4 Å². The smallest absolute Gasteiger partial charge is 0.342 e. The second-order valence-corrected chi connectivity index (χ2v) is 5.22. The summed E-state index contributed by atoms with van der Waals surface area (Å²) in [5.74, 6) is -1.11. The fourth-order valence-electron chi connectivity index (χ4n) is 2.23. The van der Waals surface area contributed by atoms with Gasteiger partial charge in [-0.1, -0.05) is 12.1 Å². The Morgan fingerprint density at radius 3 is 2.67 bits per heavy atom. The third-order valence-corrected chi connectivity index (χ3v) is 3.37. The largest absolute Gasteiger partial charge is 0.454 e. The maximum Gasteiger partial charge on any atom is 0.342 e. The lowest BCUT2D eigenvalue weighted by molar-refractivity contribution is -0.114. The molecule has 0 aliphatic heterocycles. The molecule has 0 fully saturated rings. The zero-order valence-electron chi connectivity index (χ0n) is 13.4. The minimum absolute atomic E-state index is 0.228. The number of alkyl halides is 2. The number of nitrogens with zero attached hydrogens (tertiary/aromatic N) is 2. The number of benzene rings is 1. The standard InChI is InChI=1S/C16H17F2N3O3/c1-9(11-5-4-6-12(7-11)20-10(2)22)24-16(23)13-8-19-21(3)14(13)15(17)18/h4-9,15H,1-3H3,(H,20,22). The van der Waals surface area contributed by atoms with Crippen LogP contribution in [-0.2, 0) is 16.6 Å². The summed E-state index contributed by atoms with van der Waals surface area (Å²) in [6.07, 6.45) is -2.46. The number of amides is 1. The molecular formula is C16H17F2N3O3. The lowest BCUT2D eigenvalue weighted by Crippen LogP contribution is -2.12. The molecule has 128 valence electrons. The van der Waals surface area contributed by atoms with Crippen molar-refractivity contribution in [3.63, 3.8) is 0 Å². The van der Waals surface area contributed by atoms with Gasteiger partial charge in [-0.2, -0.15) is 5.10 Å². The topological polar surface area (TPSA) is 73.2 Å². The summed E-state index contributed by atoms with van der Waals surface area (Å²) in [5, 5.41) is 6.29.